The van der Waals surface area contributed by atoms with Crippen LogP contribution in [0.25, 0.3) is 11.1 Å². The van der Waals surface area contributed by atoms with E-state index in [9.17, 15) is 4.79 Å². The van der Waals surface area contributed by atoms with Gasteiger partial charge < -0.3 is 9.47 Å². The molecule has 0 aliphatic heterocycles. The quantitative estimate of drug-likeness (QED) is 0.415. The van der Waals surface area contributed by atoms with Crippen LogP contribution in [0.2, 0.25) is 10.0 Å². The van der Waals surface area contributed by atoms with Crippen molar-refractivity contribution in [3.8, 4) is 22.6 Å². The van der Waals surface area contributed by atoms with Crippen LogP contribution in [-0.4, -0.2) is 30.8 Å². The van der Waals surface area contributed by atoms with Gasteiger partial charge in [-0.3, -0.25) is 9.36 Å². The van der Waals surface area contributed by atoms with Crippen LogP contribution in [0.4, 0.5) is 5.82 Å². The standard InChI is InChI=1S/C17H16Cl3N3O3/c1-8-6-9(16(24)23(3)15(8)22-17(20)21-2)12-13(18)10(25-4)7-11(26-5)14(12)19/h6-7H,2H2,1,3-5H3. The van der Waals surface area contributed by atoms with E-state index in [4.69, 9.17) is 44.3 Å². The number of hydrogen-bond donors (Lipinski definition) is 0. The Hall–Kier alpha value is -2.02. The summed E-state index contributed by atoms with van der Waals surface area (Å²) in [5, 5.41) is 0.337. The first kappa shape index (κ1) is 20.3. The summed E-state index contributed by atoms with van der Waals surface area (Å²) in [6.07, 6.45) is 0. The average Bonchev–Trinajstić information content (AvgIpc) is 2.62. The molecule has 0 aliphatic rings. The van der Waals surface area contributed by atoms with E-state index in [2.05, 4.69) is 16.7 Å². The van der Waals surface area contributed by atoms with Crippen molar-refractivity contribution in [3.05, 3.63) is 38.1 Å². The highest BCUT2D eigenvalue weighted by atomic mass is 35.5. The molecule has 0 atom stereocenters. The molecule has 0 spiro atoms. The zero-order chi connectivity index (χ0) is 19.6. The lowest BCUT2D eigenvalue weighted by atomic mass is 10.0. The summed E-state index contributed by atoms with van der Waals surface area (Å²) in [6.45, 7) is 5.07. The van der Waals surface area contributed by atoms with E-state index in [0.717, 1.165) is 0 Å². The van der Waals surface area contributed by atoms with Crippen molar-refractivity contribution >= 4 is 52.6 Å². The summed E-state index contributed by atoms with van der Waals surface area (Å²) in [7, 11) is 4.48. The highest BCUT2D eigenvalue weighted by Gasteiger charge is 2.22. The van der Waals surface area contributed by atoms with Crippen LogP contribution in [0.5, 0.6) is 11.5 Å². The topological polar surface area (TPSA) is 65.2 Å². The number of aliphatic imine (C=N–C) groups is 2. The molecule has 0 radical (unpaired) electrons. The zero-order valence-corrected chi connectivity index (χ0v) is 16.8. The number of ether oxygens (including phenoxy) is 2. The van der Waals surface area contributed by atoms with Crippen LogP contribution in [0.1, 0.15) is 5.56 Å². The predicted molar refractivity (Wildman–Crippen MR) is 107 cm³/mol. The number of aryl methyl sites for hydroxylation is 1. The number of nitrogens with zero attached hydrogens (tertiary/aromatic N) is 3. The zero-order valence-electron chi connectivity index (χ0n) is 14.6. The van der Waals surface area contributed by atoms with E-state index in [1.807, 2.05) is 0 Å². The lowest BCUT2D eigenvalue weighted by Gasteiger charge is -2.16. The number of benzene rings is 1. The van der Waals surface area contributed by atoms with Gasteiger partial charge in [0.15, 0.2) is 0 Å². The number of hydrogen-bond acceptors (Lipinski definition) is 4. The largest absolute Gasteiger partial charge is 0.495 e. The second-order valence-corrected chi connectivity index (χ2v) is 6.35. The molecule has 26 heavy (non-hydrogen) atoms. The second kappa shape index (κ2) is 8.12. The van der Waals surface area contributed by atoms with E-state index >= 15 is 0 Å². The van der Waals surface area contributed by atoms with Crippen molar-refractivity contribution < 1.29 is 9.47 Å². The summed E-state index contributed by atoms with van der Waals surface area (Å²) >= 11 is 18.6. The molecule has 138 valence electrons. The third kappa shape index (κ3) is 3.58. The minimum atomic E-state index is -0.373. The minimum absolute atomic E-state index is 0.0741. The number of pyridine rings is 1. The number of rotatable bonds is 4. The molecule has 1 aromatic carbocycles. The monoisotopic (exact) mass is 415 g/mol. The van der Waals surface area contributed by atoms with E-state index in [1.54, 1.807) is 26.1 Å². The highest BCUT2D eigenvalue weighted by molar-refractivity contribution is 6.65. The molecule has 1 aromatic heterocycles. The molecule has 0 bridgehead atoms. The van der Waals surface area contributed by atoms with Gasteiger partial charge in [0.25, 0.3) is 5.56 Å². The lowest BCUT2D eigenvalue weighted by molar-refractivity contribution is 0.395. The van der Waals surface area contributed by atoms with Gasteiger partial charge in [0.1, 0.15) is 17.3 Å². The Labute approximate surface area is 165 Å². The molecule has 9 heteroatoms. The fourth-order valence-electron chi connectivity index (χ4n) is 2.47. The van der Waals surface area contributed by atoms with E-state index in [0.29, 0.717) is 28.4 Å². The second-order valence-electron chi connectivity index (χ2n) is 5.25. The van der Waals surface area contributed by atoms with Crippen molar-refractivity contribution in [2.45, 2.75) is 6.92 Å². The first-order valence-corrected chi connectivity index (χ1v) is 8.42. The molecule has 0 unspecified atom stereocenters. The van der Waals surface area contributed by atoms with Gasteiger partial charge in [0.05, 0.1) is 29.8 Å². The summed E-state index contributed by atoms with van der Waals surface area (Å²) in [4.78, 5) is 20.5. The van der Waals surface area contributed by atoms with Gasteiger partial charge in [0, 0.05) is 18.7 Å². The molecule has 6 nitrogen and oxygen atoms in total. The lowest BCUT2D eigenvalue weighted by Crippen LogP contribution is -2.20. The van der Waals surface area contributed by atoms with E-state index < -0.39 is 0 Å². The van der Waals surface area contributed by atoms with E-state index in [-0.39, 0.29) is 26.5 Å². The van der Waals surface area contributed by atoms with Crippen LogP contribution in [0.15, 0.2) is 26.9 Å². The summed E-state index contributed by atoms with van der Waals surface area (Å²) in [5.74, 6) is 1.02. The van der Waals surface area contributed by atoms with Crippen molar-refractivity contribution in [2.24, 2.45) is 17.0 Å². The van der Waals surface area contributed by atoms with Crippen LogP contribution in [0.3, 0.4) is 0 Å². The summed E-state index contributed by atoms with van der Waals surface area (Å²) in [6, 6.07) is 3.18. The van der Waals surface area contributed by atoms with Gasteiger partial charge in [-0.15, -0.1) is 0 Å². The normalized spacial score (nSPS) is 11.4. The third-order valence-corrected chi connectivity index (χ3v) is 4.69. The Morgan fingerprint density at radius 2 is 1.69 bits per heavy atom. The fourth-order valence-corrected chi connectivity index (χ4v) is 3.26. The first-order chi connectivity index (χ1) is 12.3. The SMILES string of the molecule is C=NC(Cl)=Nc1c(C)cc(-c2c(Cl)c(OC)cc(OC)c2Cl)c(=O)n1C. The Kier molecular flexibility index (Phi) is 6.34. The van der Waals surface area contributed by atoms with Gasteiger partial charge in [0.2, 0.25) is 5.29 Å². The Bertz CT molecular complexity index is 940. The minimum Gasteiger partial charge on any atom is -0.495 e. The molecular formula is C17H16Cl3N3O3. The molecule has 2 rings (SSSR count). The number of amidine groups is 1. The molecule has 0 fully saturated rings. The predicted octanol–water partition coefficient (Wildman–Crippen LogP) is 4.61. The maximum absolute atomic E-state index is 12.9. The van der Waals surface area contributed by atoms with Crippen molar-refractivity contribution in [2.75, 3.05) is 14.2 Å². The maximum Gasteiger partial charge on any atom is 0.259 e. The third-order valence-electron chi connectivity index (χ3n) is 3.74. The van der Waals surface area contributed by atoms with Crippen molar-refractivity contribution in [1.29, 1.82) is 0 Å². The molecule has 0 aliphatic carbocycles. The smallest absolute Gasteiger partial charge is 0.259 e. The van der Waals surface area contributed by atoms with Crippen LogP contribution < -0.4 is 15.0 Å². The van der Waals surface area contributed by atoms with E-state index in [1.165, 1.54) is 18.8 Å². The number of aromatic nitrogens is 1. The number of methoxy groups -OCH3 is 2. The van der Waals surface area contributed by atoms with Crippen molar-refractivity contribution in [1.82, 2.24) is 4.57 Å². The molecular weight excluding hydrogens is 401 g/mol. The van der Waals surface area contributed by atoms with Crippen molar-refractivity contribution in [3.63, 3.8) is 0 Å². The Morgan fingerprint density at radius 3 is 2.15 bits per heavy atom. The van der Waals surface area contributed by atoms with Gasteiger partial charge in [-0.05, 0) is 36.9 Å². The van der Waals surface area contributed by atoms with Gasteiger partial charge in [-0.1, -0.05) is 23.2 Å². The maximum atomic E-state index is 12.9. The van der Waals surface area contributed by atoms with Gasteiger partial charge in [-0.2, -0.15) is 4.99 Å². The van der Waals surface area contributed by atoms with Crippen LogP contribution in [-0.2, 0) is 7.05 Å². The molecule has 1 heterocycles. The summed E-state index contributed by atoms with van der Waals surface area (Å²) < 4.78 is 11.8. The van der Waals surface area contributed by atoms with Gasteiger partial charge in [-0.25, -0.2) is 4.99 Å². The molecule has 0 saturated heterocycles. The Morgan fingerprint density at radius 1 is 1.15 bits per heavy atom. The molecule has 0 N–H and O–H groups in total. The summed E-state index contributed by atoms with van der Waals surface area (Å²) in [5.41, 5.74) is 0.885. The average molecular weight is 417 g/mol. The fraction of sp³-hybridized carbons (Fsp3) is 0.235. The molecule has 0 amide bonds. The first-order valence-electron chi connectivity index (χ1n) is 7.28. The highest BCUT2D eigenvalue weighted by Crippen LogP contribution is 2.45. The van der Waals surface area contributed by atoms with Crippen LogP contribution >= 0.6 is 34.8 Å². The Balaban J connectivity index is 2.87. The van der Waals surface area contributed by atoms with Gasteiger partial charge >= 0.3 is 0 Å². The molecule has 0 saturated carbocycles. The van der Waals surface area contributed by atoms with Crippen LogP contribution in [0, 0.1) is 6.92 Å². The molecule has 2 aromatic rings. The number of halogens is 3.